The number of hydrogen-bond donors (Lipinski definition) is 1. The number of benzene rings is 1. The number of carboxylic acid groups (broad SMARTS) is 1. The number of rotatable bonds is 2. The Morgan fingerprint density at radius 1 is 1.35 bits per heavy atom. The van der Waals surface area contributed by atoms with E-state index in [0.717, 1.165) is 24.0 Å². The van der Waals surface area contributed by atoms with Crippen molar-refractivity contribution in [1.29, 1.82) is 5.26 Å². The summed E-state index contributed by atoms with van der Waals surface area (Å²) in [4.78, 5) is 10.3. The van der Waals surface area contributed by atoms with Crippen LogP contribution in [0.15, 0.2) is 24.3 Å². The Kier molecular flexibility index (Phi) is 2.85. The van der Waals surface area contributed by atoms with E-state index in [1.807, 2.05) is 24.3 Å². The SMILES string of the molecule is N#CC1(c2ccc(C#CCC(=O)O)cc2)CC1. The van der Waals surface area contributed by atoms with Gasteiger partial charge in [0.05, 0.1) is 11.5 Å². The molecule has 0 saturated heterocycles. The predicted octanol–water partition coefficient (Wildman–Crippen LogP) is 2.07. The van der Waals surface area contributed by atoms with Crippen LogP contribution in [0, 0.1) is 23.2 Å². The lowest BCUT2D eigenvalue weighted by molar-refractivity contribution is -0.135. The average molecular weight is 225 g/mol. The lowest BCUT2D eigenvalue weighted by Crippen LogP contribution is -2.01. The van der Waals surface area contributed by atoms with E-state index in [2.05, 4.69) is 17.9 Å². The molecule has 0 bridgehead atoms. The largest absolute Gasteiger partial charge is 0.481 e. The lowest BCUT2D eigenvalue weighted by Gasteiger charge is -2.04. The van der Waals surface area contributed by atoms with Crippen molar-refractivity contribution in [1.82, 2.24) is 0 Å². The third-order valence-electron chi connectivity index (χ3n) is 2.87. The maximum absolute atomic E-state index is 10.3. The highest BCUT2D eigenvalue weighted by Crippen LogP contribution is 2.47. The van der Waals surface area contributed by atoms with Gasteiger partial charge in [0.1, 0.15) is 6.42 Å². The summed E-state index contributed by atoms with van der Waals surface area (Å²) in [6, 6.07) is 9.81. The molecule has 1 aliphatic carbocycles. The first kappa shape index (κ1) is 11.2. The lowest BCUT2D eigenvalue weighted by atomic mass is 9.97. The molecule has 0 atom stereocenters. The maximum atomic E-state index is 10.3. The van der Waals surface area contributed by atoms with Gasteiger partial charge < -0.3 is 5.11 Å². The molecule has 84 valence electrons. The van der Waals surface area contributed by atoms with Crippen molar-refractivity contribution in [3.8, 4) is 17.9 Å². The molecule has 3 nitrogen and oxygen atoms in total. The van der Waals surface area contributed by atoms with Gasteiger partial charge in [-0.2, -0.15) is 5.26 Å². The molecule has 0 radical (unpaired) electrons. The van der Waals surface area contributed by atoms with Crippen LogP contribution in [0.25, 0.3) is 0 Å². The van der Waals surface area contributed by atoms with E-state index in [1.165, 1.54) is 0 Å². The van der Waals surface area contributed by atoms with Gasteiger partial charge in [-0.1, -0.05) is 24.0 Å². The molecule has 0 spiro atoms. The van der Waals surface area contributed by atoms with Crippen LogP contribution >= 0.6 is 0 Å². The second-order valence-electron chi connectivity index (χ2n) is 4.14. The van der Waals surface area contributed by atoms with Crippen LogP contribution in [-0.4, -0.2) is 11.1 Å². The number of aliphatic carboxylic acids is 1. The van der Waals surface area contributed by atoms with Gasteiger partial charge >= 0.3 is 5.97 Å². The Labute approximate surface area is 99.7 Å². The molecule has 17 heavy (non-hydrogen) atoms. The fraction of sp³-hybridized carbons (Fsp3) is 0.286. The second-order valence-corrected chi connectivity index (χ2v) is 4.14. The first-order valence-electron chi connectivity index (χ1n) is 5.39. The highest BCUT2D eigenvalue weighted by molar-refractivity contribution is 5.70. The van der Waals surface area contributed by atoms with Crippen molar-refractivity contribution >= 4 is 5.97 Å². The Morgan fingerprint density at radius 3 is 2.47 bits per heavy atom. The van der Waals surface area contributed by atoms with E-state index in [1.54, 1.807) is 0 Å². The van der Waals surface area contributed by atoms with Crippen LogP contribution in [0.3, 0.4) is 0 Å². The second kappa shape index (κ2) is 4.31. The van der Waals surface area contributed by atoms with Crippen LogP contribution < -0.4 is 0 Å². The summed E-state index contributed by atoms with van der Waals surface area (Å²) in [7, 11) is 0. The first-order chi connectivity index (χ1) is 8.16. The van der Waals surface area contributed by atoms with Gasteiger partial charge in [0.25, 0.3) is 0 Å². The van der Waals surface area contributed by atoms with Gasteiger partial charge in [0.15, 0.2) is 0 Å². The molecule has 2 rings (SSSR count). The van der Waals surface area contributed by atoms with Gasteiger partial charge in [-0.05, 0) is 30.5 Å². The molecule has 0 aromatic heterocycles. The average Bonchev–Trinajstić information content (AvgIpc) is 3.10. The van der Waals surface area contributed by atoms with Gasteiger partial charge in [0, 0.05) is 5.56 Å². The molecule has 3 heteroatoms. The van der Waals surface area contributed by atoms with Crippen LogP contribution in [0.5, 0.6) is 0 Å². The summed E-state index contributed by atoms with van der Waals surface area (Å²) in [5, 5.41) is 17.5. The van der Waals surface area contributed by atoms with E-state index in [-0.39, 0.29) is 11.8 Å². The van der Waals surface area contributed by atoms with Crippen molar-refractivity contribution in [3.63, 3.8) is 0 Å². The van der Waals surface area contributed by atoms with Crippen LogP contribution in [0.1, 0.15) is 30.4 Å². The zero-order valence-electron chi connectivity index (χ0n) is 9.23. The van der Waals surface area contributed by atoms with Crippen molar-refractivity contribution in [2.45, 2.75) is 24.7 Å². The van der Waals surface area contributed by atoms with E-state index < -0.39 is 5.97 Å². The summed E-state index contributed by atoms with van der Waals surface area (Å²) in [5.41, 5.74) is 1.54. The molecule has 1 saturated carbocycles. The minimum atomic E-state index is -0.921. The van der Waals surface area contributed by atoms with Crippen molar-refractivity contribution in [2.75, 3.05) is 0 Å². The van der Waals surface area contributed by atoms with Gasteiger partial charge in [-0.25, -0.2) is 0 Å². The molecule has 1 aliphatic rings. The molecule has 0 heterocycles. The van der Waals surface area contributed by atoms with Crippen LogP contribution in [-0.2, 0) is 10.2 Å². The number of nitriles is 1. The van der Waals surface area contributed by atoms with E-state index in [9.17, 15) is 4.79 Å². The molecular weight excluding hydrogens is 214 g/mol. The van der Waals surface area contributed by atoms with Crippen LogP contribution in [0.2, 0.25) is 0 Å². The number of hydrogen-bond acceptors (Lipinski definition) is 2. The quantitative estimate of drug-likeness (QED) is 0.784. The van der Waals surface area contributed by atoms with Gasteiger partial charge in [-0.3, -0.25) is 4.79 Å². The summed E-state index contributed by atoms with van der Waals surface area (Å²) >= 11 is 0. The van der Waals surface area contributed by atoms with E-state index in [4.69, 9.17) is 10.4 Å². The Balaban J connectivity index is 2.11. The topological polar surface area (TPSA) is 61.1 Å². The minimum absolute atomic E-state index is 0.149. The fourth-order valence-electron chi connectivity index (χ4n) is 1.68. The highest BCUT2D eigenvalue weighted by atomic mass is 16.4. The standard InChI is InChI=1S/C14H11NO2/c15-10-14(8-9-14)12-6-4-11(5-7-12)2-1-3-13(16)17/h4-7H,3,8-9H2,(H,16,17). The molecule has 0 unspecified atom stereocenters. The highest BCUT2D eigenvalue weighted by Gasteiger charge is 2.44. The molecule has 1 fully saturated rings. The van der Waals surface area contributed by atoms with E-state index in [0.29, 0.717) is 0 Å². The van der Waals surface area contributed by atoms with Crippen LogP contribution in [0.4, 0.5) is 0 Å². The molecular formula is C14H11NO2. The summed E-state index contributed by atoms with van der Waals surface area (Å²) in [5.74, 6) is 4.43. The zero-order chi connectivity index (χ0) is 12.3. The normalized spacial score (nSPS) is 15.2. The fourth-order valence-corrected chi connectivity index (χ4v) is 1.68. The first-order valence-corrected chi connectivity index (χ1v) is 5.39. The van der Waals surface area contributed by atoms with Crippen molar-refractivity contribution < 1.29 is 9.90 Å². The van der Waals surface area contributed by atoms with Gasteiger partial charge in [-0.15, -0.1) is 0 Å². The Morgan fingerprint density at radius 2 is 2.00 bits per heavy atom. The molecule has 0 aliphatic heterocycles. The zero-order valence-corrected chi connectivity index (χ0v) is 9.23. The summed E-state index contributed by atoms with van der Waals surface area (Å²) < 4.78 is 0. The molecule has 1 aromatic rings. The van der Waals surface area contributed by atoms with Crippen molar-refractivity contribution in [2.24, 2.45) is 0 Å². The molecule has 1 aromatic carbocycles. The third kappa shape index (κ3) is 2.46. The maximum Gasteiger partial charge on any atom is 0.315 e. The summed E-state index contributed by atoms with van der Waals surface area (Å²) in [6.45, 7) is 0. The molecule has 1 N–H and O–H groups in total. The smallest absolute Gasteiger partial charge is 0.315 e. The van der Waals surface area contributed by atoms with Crippen molar-refractivity contribution in [3.05, 3.63) is 35.4 Å². The number of nitrogens with zero attached hydrogens (tertiary/aromatic N) is 1. The monoisotopic (exact) mass is 225 g/mol. The minimum Gasteiger partial charge on any atom is -0.481 e. The molecule has 0 amide bonds. The third-order valence-corrected chi connectivity index (χ3v) is 2.87. The predicted molar refractivity (Wildman–Crippen MR) is 62.1 cm³/mol. The van der Waals surface area contributed by atoms with Gasteiger partial charge in [0.2, 0.25) is 0 Å². The number of carbonyl (C=O) groups is 1. The van der Waals surface area contributed by atoms with E-state index >= 15 is 0 Å². The number of carboxylic acids is 1. The Hall–Kier alpha value is -2.26. The Bertz CT molecular complexity index is 536. The summed E-state index contributed by atoms with van der Waals surface area (Å²) in [6.07, 6.45) is 1.70.